The molecule has 6 nitrogen and oxygen atoms in total. The number of carbonyl (C=O) groups is 2. The Kier molecular flexibility index (Phi) is 4.08. The van der Waals surface area contributed by atoms with Gasteiger partial charge in [-0.05, 0) is 18.2 Å². The molecule has 0 saturated carbocycles. The van der Waals surface area contributed by atoms with Crippen LogP contribution in [0.25, 0.3) is 0 Å². The van der Waals surface area contributed by atoms with Crippen LogP contribution in [0.1, 0.15) is 10.4 Å². The summed E-state index contributed by atoms with van der Waals surface area (Å²) in [6, 6.07) is 3.16. The van der Waals surface area contributed by atoms with Crippen molar-refractivity contribution in [3.63, 3.8) is 0 Å². The number of carboxylic acid groups (broad SMARTS) is 1. The van der Waals surface area contributed by atoms with Crippen LogP contribution >= 0.6 is 0 Å². The maximum absolute atomic E-state index is 13.0. The van der Waals surface area contributed by atoms with Gasteiger partial charge in [0.25, 0.3) is 5.91 Å². The number of carboxylic acids is 1. The molecule has 0 bridgehead atoms. The van der Waals surface area contributed by atoms with Crippen molar-refractivity contribution >= 4 is 17.6 Å². The number of halogens is 1. The van der Waals surface area contributed by atoms with Crippen LogP contribution in [-0.4, -0.2) is 42.8 Å². The molecule has 1 atom stereocenters. The highest BCUT2D eigenvalue weighted by Gasteiger charge is 2.23. The summed E-state index contributed by atoms with van der Waals surface area (Å²) >= 11 is 0. The zero-order chi connectivity index (χ0) is 13.8. The van der Waals surface area contributed by atoms with Crippen molar-refractivity contribution in [1.29, 1.82) is 0 Å². The number of rotatable bonds is 3. The third-order valence-electron chi connectivity index (χ3n) is 2.69. The van der Waals surface area contributed by atoms with Crippen molar-refractivity contribution < 1.29 is 23.8 Å². The summed E-state index contributed by atoms with van der Waals surface area (Å²) in [5, 5.41) is 14.4. The number of morpholine rings is 1. The average Bonchev–Trinajstić information content (AvgIpc) is 2.41. The minimum Gasteiger partial charge on any atom is -0.478 e. The molecule has 0 spiro atoms. The van der Waals surface area contributed by atoms with Gasteiger partial charge in [0.15, 0.2) is 0 Å². The fourth-order valence-corrected chi connectivity index (χ4v) is 1.75. The predicted molar refractivity (Wildman–Crippen MR) is 64.6 cm³/mol. The summed E-state index contributed by atoms with van der Waals surface area (Å²) in [5.41, 5.74) is -0.245. The van der Waals surface area contributed by atoms with Crippen LogP contribution in [0.2, 0.25) is 0 Å². The first-order valence-electron chi connectivity index (χ1n) is 5.74. The Morgan fingerprint density at radius 3 is 2.89 bits per heavy atom. The second-order valence-corrected chi connectivity index (χ2v) is 4.05. The number of carbonyl (C=O) groups excluding carboxylic acids is 1. The van der Waals surface area contributed by atoms with Crippen molar-refractivity contribution in [2.24, 2.45) is 0 Å². The summed E-state index contributed by atoms with van der Waals surface area (Å²) < 4.78 is 18.2. The van der Waals surface area contributed by atoms with Gasteiger partial charge in [-0.15, -0.1) is 0 Å². The number of amides is 1. The first-order chi connectivity index (χ1) is 9.08. The molecule has 102 valence electrons. The van der Waals surface area contributed by atoms with Gasteiger partial charge < -0.3 is 20.5 Å². The molecule has 0 radical (unpaired) electrons. The number of hydrogen-bond donors (Lipinski definition) is 3. The second-order valence-electron chi connectivity index (χ2n) is 4.05. The number of benzene rings is 1. The van der Waals surface area contributed by atoms with Gasteiger partial charge in [-0.25, -0.2) is 9.18 Å². The molecule has 0 aromatic heterocycles. The number of hydrogen-bond acceptors (Lipinski definition) is 4. The quantitative estimate of drug-likeness (QED) is 0.741. The fourth-order valence-electron chi connectivity index (χ4n) is 1.75. The first kappa shape index (κ1) is 13.4. The Balaban J connectivity index is 2.13. The lowest BCUT2D eigenvalue weighted by Gasteiger charge is -2.23. The maximum Gasteiger partial charge on any atom is 0.337 e. The Bertz CT molecular complexity index is 501. The Morgan fingerprint density at radius 2 is 2.26 bits per heavy atom. The zero-order valence-electron chi connectivity index (χ0n) is 9.98. The lowest BCUT2D eigenvalue weighted by Crippen LogP contribution is -2.45. The zero-order valence-corrected chi connectivity index (χ0v) is 9.98. The molecular formula is C12H13FN2O4. The van der Waals surface area contributed by atoms with Crippen LogP contribution in [0.5, 0.6) is 0 Å². The molecule has 19 heavy (non-hydrogen) atoms. The lowest BCUT2D eigenvalue weighted by atomic mass is 10.1. The van der Waals surface area contributed by atoms with Crippen LogP contribution in [0, 0.1) is 5.82 Å². The molecule has 2 rings (SSSR count). The average molecular weight is 268 g/mol. The lowest BCUT2D eigenvalue weighted by molar-refractivity contribution is -0.128. The van der Waals surface area contributed by atoms with E-state index in [2.05, 4.69) is 10.6 Å². The van der Waals surface area contributed by atoms with E-state index in [-0.39, 0.29) is 11.3 Å². The van der Waals surface area contributed by atoms with Crippen LogP contribution in [-0.2, 0) is 9.53 Å². The molecule has 1 amide bonds. The normalized spacial score (nSPS) is 18.9. The molecule has 1 aliphatic heterocycles. The molecule has 1 fully saturated rings. The van der Waals surface area contributed by atoms with E-state index in [0.717, 1.165) is 12.1 Å². The Labute approximate surface area is 108 Å². The standard InChI is InChI=1S/C12H13FN2O4/c13-7-1-2-9(8(5-7)12(17)18)15-11(16)10-6-14-3-4-19-10/h1-2,5,10,14H,3-4,6H2,(H,15,16)(H,17,18). The minimum absolute atomic E-state index is 0.0491. The molecule has 7 heteroatoms. The van der Waals surface area contributed by atoms with Crippen LogP contribution in [0.15, 0.2) is 18.2 Å². The molecule has 0 aliphatic carbocycles. The van der Waals surface area contributed by atoms with Crippen LogP contribution in [0.4, 0.5) is 10.1 Å². The van der Waals surface area contributed by atoms with E-state index in [9.17, 15) is 14.0 Å². The van der Waals surface area contributed by atoms with Gasteiger partial charge in [-0.1, -0.05) is 0 Å². The Morgan fingerprint density at radius 1 is 1.47 bits per heavy atom. The molecule has 1 heterocycles. The highest BCUT2D eigenvalue weighted by atomic mass is 19.1. The third kappa shape index (κ3) is 3.27. The van der Waals surface area contributed by atoms with Gasteiger partial charge in [0.05, 0.1) is 17.9 Å². The smallest absolute Gasteiger partial charge is 0.337 e. The van der Waals surface area contributed by atoms with E-state index in [1.54, 1.807) is 0 Å². The van der Waals surface area contributed by atoms with E-state index in [4.69, 9.17) is 9.84 Å². The highest BCUT2D eigenvalue weighted by Crippen LogP contribution is 2.17. The highest BCUT2D eigenvalue weighted by molar-refractivity contribution is 6.01. The van der Waals surface area contributed by atoms with Crippen molar-refractivity contribution in [1.82, 2.24) is 5.32 Å². The fraction of sp³-hybridized carbons (Fsp3) is 0.333. The van der Waals surface area contributed by atoms with Gasteiger partial charge in [0.1, 0.15) is 11.9 Å². The maximum atomic E-state index is 13.0. The van der Waals surface area contributed by atoms with Crippen molar-refractivity contribution in [3.8, 4) is 0 Å². The van der Waals surface area contributed by atoms with E-state index in [0.29, 0.717) is 19.7 Å². The van der Waals surface area contributed by atoms with Gasteiger partial charge in [-0.2, -0.15) is 0 Å². The summed E-state index contributed by atoms with van der Waals surface area (Å²) in [6.45, 7) is 1.43. The molecular weight excluding hydrogens is 255 g/mol. The molecule has 1 aromatic rings. The summed E-state index contributed by atoms with van der Waals surface area (Å²) in [4.78, 5) is 22.8. The van der Waals surface area contributed by atoms with E-state index in [1.165, 1.54) is 6.07 Å². The summed E-state index contributed by atoms with van der Waals surface area (Å²) in [5.74, 6) is -2.44. The van der Waals surface area contributed by atoms with Crippen molar-refractivity contribution in [2.75, 3.05) is 25.0 Å². The number of ether oxygens (including phenoxy) is 1. The summed E-state index contributed by atoms with van der Waals surface area (Å²) in [7, 11) is 0. The molecule has 1 saturated heterocycles. The molecule has 3 N–H and O–H groups in total. The summed E-state index contributed by atoms with van der Waals surface area (Å²) in [6.07, 6.45) is -0.680. The minimum atomic E-state index is -1.31. The SMILES string of the molecule is O=C(O)c1cc(F)ccc1NC(=O)C1CNCCO1. The molecule has 1 aromatic carbocycles. The third-order valence-corrected chi connectivity index (χ3v) is 2.69. The van der Waals surface area contributed by atoms with E-state index in [1.807, 2.05) is 0 Å². The van der Waals surface area contributed by atoms with Crippen molar-refractivity contribution in [3.05, 3.63) is 29.6 Å². The molecule has 1 aliphatic rings. The van der Waals surface area contributed by atoms with E-state index < -0.39 is 23.8 Å². The van der Waals surface area contributed by atoms with Gasteiger partial charge in [-0.3, -0.25) is 4.79 Å². The van der Waals surface area contributed by atoms with Gasteiger partial charge in [0, 0.05) is 13.1 Å². The second kappa shape index (κ2) is 5.77. The number of aromatic carboxylic acids is 1. The molecule has 1 unspecified atom stereocenters. The van der Waals surface area contributed by atoms with Crippen molar-refractivity contribution in [2.45, 2.75) is 6.10 Å². The van der Waals surface area contributed by atoms with Gasteiger partial charge in [0.2, 0.25) is 0 Å². The van der Waals surface area contributed by atoms with E-state index >= 15 is 0 Å². The van der Waals surface area contributed by atoms with Crippen LogP contribution < -0.4 is 10.6 Å². The topological polar surface area (TPSA) is 87.7 Å². The van der Waals surface area contributed by atoms with Crippen LogP contribution in [0.3, 0.4) is 0 Å². The first-order valence-corrected chi connectivity index (χ1v) is 5.74. The number of anilines is 1. The Hall–Kier alpha value is -1.99. The monoisotopic (exact) mass is 268 g/mol. The largest absolute Gasteiger partial charge is 0.478 e. The number of nitrogens with one attached hydrogen (secondary N) is 2. The predicted octanol–water partition coefficient (Wildman–Crippen LogP) is 0.451. The van der Waals surface area contributed by atoms with Gasteiger partial charge >= 0.3 is 5.97 Å².